The van der Waals surface area contributed by atoms with Crippen LogP contribution in [0.1, 0.15) is 0 Å². The third-order valence-electron chi connectivity index (χ3n) is 0.816. The molecular formula is C4H10MgO2. The van der Waals surface area contributed by atoms with E-state index in [4.69, 9.17) is 10.2 Å². The van der Waals surface area contributed by atoms with Crippen molar-refractivity contribution in [2.45, 2.75) is 9.10 Å². The van der Waals surface area contributed by atoms with Gasteiger partial charge in [-0.3, -0.25) is 0 Å². The first-order valence-electron chi connectivity index (χ1n) is 2.63. The van der Waals surface area contributed by atoms with E-state index in [0.29, 0.717) is 13.2 Å². The van der Waals surface area contributed by atoms with Gasteiger partial charge in [-0.05, 0) is 0 Å². The Balaban J connectivity index is 2.45. The highest BCUT2D eigenvalue weighted by molar-refractivity contribution is 6.35. The van der Waals surface area contributed by atoms with Crippen molar-refractivity contribution in [2.24, 2.45) is 0 Å². The van der Waals surface area contributed by atoms with Crippen LogP contribution in [-0.2, 0) is 0 Å². The van der Waals surface area contributed by atoms with E-state index in [1.165, 1.54) is 0 Å². The molecule has 7 heavy (non-hydrogen) atoms. The molecular weight excluding hydrogens is 104 g/mol. The van der Waals surface area contributed by atoms with Crippen LogP contribution in [0.15, 0.2) is 0 Å². The summed E-state index contributed by atoms with van der Waals surface area (Å²) in [7, 11) is 0. The molecule has 0 atom stereocenters. The summed E-state index contributed by atoms with van der Waals surface area (Å²) >= 11 is -0.0887. The van der Waals surface area contributed by atoms with E-state index in [1.54, 1.807) is 0 Å². The summed E-state index contributed by atoms with van der Waals surface area (Å²) in [4.78, 5) is 0. The molecule has 0 aromatic carbocycles. The zero-order chi connectivity index (χ0) is 5.54. The van der Waals surface area contributed by atoms with Gasteiger partial charge in [-0.2, -0.15) is 0 Å². The van der Waals surface area contributed by atoms with Crippen molar-refractivity contribution in [1.82, 2.24) is 0 Å². The van der Waals surface area contributed by atoms with Crippen LogP contribution in [0.2, 0.25) is 9.10 Å². The fourth-order valence-corrected chi connectivity index (χ4v) is 1.20. The van der Waals surface area contributed by atoms with Crippen molar-refractivity contribution < 1.29 is 10.2 Å². The Morgan fingerprint density at radius 1 is 1.00 bits per heavy atom. The van der Waals surface area contributed by atoms with Gasteiger partial charge in [0, 0.05) is 13.2 Å². The van der Waals surface area contributed by atoms with Crippen LogP contribution in [0, 0.1) is 0 Å². The second-order valence-corrected chi connectivity index (χ2v) is 3.63. The highest BCUT2D eigenvalue weighted by Gasteiger charge is 1.89. The van der Waals surface area contributed by atoms with Crippen molar-refractivity contribution in [1.29, 1.82) is 0 Å². The summed E-state index contributed by atoms with van der Waals surface area (Å²) in [6.07, 6.45) is 0. The average molecular weight is 114 g/mol. The summed E-state index contributed by atoms with van der Waals surface area (Å²) in [6, 6.07) is 0. The van der Waals surface area contributed by atoms with E-state index in [1.807, 2.05) is 0 Å². The van der Waals surface area contributed by atoms with Crippen molar-refractivity contribution in [3.8, 4) is 0 Å². The Morgan fingerprint density at radius 2 is 1.43 bits per heavy atom. The lowest BCUT2D eigenvalue weighted by molar-refractivity contribution is 0.311. The minimum Gasteiger partial charge on any atom is -0.399 e. The number of hydrogen-bond donors (Lipinski definition) is 2. The molecule has 40 valence electrons. The number of aliphatic hydroxyl groups excluding tert-OH is 2. The van der Waals surface area contributed by atoms with Gasteiger partial charge in [0.2, 0.25) is 0 Å². The molecule has 0 rings (SSSR count). The van der Waals surface area contributed by atoms with Crippen LogP contribution in [0.5, 0.6) is 0 Å². The third kappa shape index (κ3) is 6.69. The van der Waals surface area contributed by atoms with Crippen LogP contribution < -0.4 is 0 Å². The quantitative estimate of drug-likeness (QED) is 0.383. The smallest absolute Gasteiger partial charge is 0.371 e. The average Bonchev–Trinajstić information content (AvgIpc) is 1.69. The van der Waals surface area contributed by atoms with Crippen LogP contribution in [0.4, 0.5) is 0 Å². The molecule has 0 saturated heterocycles. The van der Waals surface area contributed by atoms with Gasteiger partial charge in [-0.15, -0.1) is 9.10 Å². The van der Waals surface area contributed by atoms with Crippen molar-refractivity contribution in [2.75, 3.05) is 13.2 Å². The SMILES string of the molecule is OC[CH2][Mg][CH2]CO. The Morgan fingerprint density at radius 3 is 1.71 bits per heavy atom. The molecule has 0 aromatic heterocycles. The van der Waals surface area contributed by atoms with Crippen molar-refractivity contribution in [3.05, 3.63) is 0 Å². The zero-order valence-electron chi connectivity index (χ0n) is 4.43. The monoisotopic (exact) mass is 114 g/mol. The number of aliphatic hydroxyl groups is 2. The maximum absolute atomic E-state index is 8.25. The van der Waals surface area contributed by atoms with Crippen LogP contribution in [0.25, 0.3) is 0 Å². The lowest BCUT2D eigenvalue weighted by Gasteiger charge is -1.86. The van der Waals surface area contributed by atoms with Gasteiger partial charge in [0.15, 0.2) is 0 Å². The molecule has 0 aliphatic rings. The molecule has 0 aliphatic carbocycles. The minimum atomic E-state index is -0.0887. The van der Waals surface area contributed by atoms with E-state index in [2.05, 4.69) is 0 Å². The predicted octanol–water partition coefficient (Wildman–Crippen LogP) is -0.488. The predicted molar refractivity (Wildman–Crippen MR) is 29.5 cm³/mol. The molecule has 0 radical (unpaired) electrons. The van der Waals surface area contributed by atoms with Crippen molar-refractivity contribution >= 4 is 20.4 Å². The minimum absolute atomic E-state index is 0.0887. The van der Waals surface area contributed by atoms with E-state index in [-0.39, 0.29) is 20.4 Å². The fraction of sp³-hybridized carbons (Fsp3) is 1.00. The third-order valence-corrected chi connectivity index (χ3v) is 2.45. The first-order valence-corrected chi connectivity index (χ1v) is 4.63. The van der Waals surface area contributed by atoms with Crippen LogP contribution >= 0.6 is 0 Å². The zero-order valence-corrected chi connectivity index (χ0v) is 5.84. The van der Waals surface area contributed by atoms with Gasteiger partial charge in [-0.1, -0.05) is 0 Å². The Labute approximate surface area is 53.3 Å². The fourth-order valence-electron chi connectivity index (χ4n) is 0.400. The van der Waals surface area contributed by atoms with E-state index >= 15 is 0 Å². The van der Waals surface area contributed by atoms with Crippen LogP contribution in [0.3, 0.4) is 0 Å². The molecule has 0 amide bonds. The van der Waals surface area contributed by atoms with Gasteiger partial charge in [0.25, 0.3) is 0 Å². The van der Waals surface area contributed by atoms with Gasteiger partial charge < -0.3 is 10.2 Å². The molecule has 0 heterocycles. The summed E-state index contributed by atoms with van der Waals surface area (Å²) < 4.78 is 1.92. The lowest BCUT2D eigenvalue weighted by atomic mass is 10.8. The maximum Gasteiger partial charge on any atom is 0.371 e. The largest absolute Gasteiger partial charge is 0.399 e. The normalized spacial score (nSPS) is 8.29. The highest BCUT2D eigenvalue weighted by atomic mass is 24.5. The molecule has 2 nitrogen and oxygen atoms in total. The number of rotatable bonds is 4. The van der Waals surface area contributed by atoms with Crippen molar-refractivity contribution in [3.63, 3.8) is 0 Å². The van der Waals surface area contributed by atoms with Gasteiger partial charge in [-0.25, -0.2) is 0 Å². The molecule has 0 unspecified atom stereocenters. The summed E-state index contributed by atoms with van der Waals surface area (Å²) in [5, 5.41) is 16.5. The molecule has 3 heteroatoms. The molecule has 0 aromatic rings. The molecule has 0 saturated carbocycles. The molecule has 0 fully saturated rings. The first-order chi connectivity index (χ1) is 3.41. The Hall–Kier alpha value is 0.686. The standard InChI is InChI=1S/2C2H5O.Mg/c2*1-2-3;/h2*3H,1-2H2;. The van der Waals surface area contributed by atoms with E-state index in [0.717, 1.165) is 9.10 Å². The van der Waals surface area contributed by atoms with E-state index < -0.39 is 0 Å². The molecule has 0 aliphatic heterocycles. The van der Waals surface area contributed by atoms with Crippen LogP contribution in [-0.4, -0.2) is 43.8 Å². The van der Waals surface area contributed by atoms with Gasteiger partial charge in [0.1, 0.15) is 0 Å². The van der Waals surface area contributed by atoms with E-state index in [9.17, 15) is 0 Å². The molecule has 0 spiro atoms. The summed E-state index contributed by atoms with van der Waals surface area (Å²) in [5.74, 6) is 0. The maximum atomic E-state index is 8.25. The Bertz CT molecular complexity index is 28.9. The number of hydrogen-bond acceptors (Lipinski definition) is 2. The second kappa shape index (κ2) is 6.69. The first kappa shape index (κ1) is 7.69. The lowest BCUT2D eigenvalue weighted by Crippen LogP contribution is -1.94. The molecule has 2 N–H and O–H groups in total. The topological polar surface area (TPSA) is 40.5 Å². The van der Waals surface area contributed by atoms with Gasteiger partial charge in [0.05, 0.1) is 0 Å². The Kier molecular flexibility index (Phi) is 7.34. The summed E-state index contributed by atoms with van der Waals surface area (Å²) in [5.41, 5.74) is 0. The molecule has 0 bridgehead atoms. The summed E-state index contributed by atoms with van der Waals surface area (Å²) in [6.45, 7) is 0.623. The highest BCUT2D eigenvalue weighted by Crippen LogP contribution is 1.80. The van der Waals surface area contributed by atoms with Gasteiger partial charge >= 0.3 is 20.4 Å². The second-order valence-electron chi connectivity index (χ2n) is 1.51.